The second-order valence-electron chi connectivity index (χ2n) is 10.2. The topological polar surface area (TPSA) is 66.5 Å². The number of imide groups is 1. The second-order valence-corrected chi connectivity index (χ2v) is 10.2. The van der Waals surface area contributed by atoms with Gasteiger partial charge in [0.05, 0.1) is 17.5 Å². The van der Waals surface area contributed by atoms with Gasteiger partial charge in [0.2, 0.25) is 11.8 Å². The van der Waals surface area contributed by atoms with Crippen molar-refractivity contribution in [3.8, 4) is 0 Å². The maximum Gasteiger partial charge on any atom is 0.255 e. The van der Waals surface area contributed by atoms with Gasteiger partial charge in [-0.15, -0.1) is 0 Å². The van der Waals surface area contributed by atoms with Gasteiger partial charge in [0, 0.05) is 11.3 Å². The van der Waals surface area contributed by atoms with Crippen LogP contribution in [0.15, 0.2) is 72.8 Å². The van der Waals surface area contributed by atoms with Gasteiger partial charge < -0.3 is 5.32 Å². The number of rotatable bonds is 4. The first kappa shape index (κ1) is 21.8. The summed E-state index contributed by atoms with van der Waals surface area (Å²) in [6.07, 6.45) is 1.90. The van der Waals surface area contributed by atoms with Crippen molar-refractivity contribution >= 4 is 29.1 Å². The summed E-state index contributed by atoms with van der Waals surface area (Å²) < 4.78 is 0. The van der Waals surface area contributed by atoms with E-state index in [0.717, 1.165) is 29.7 Å². The lowest BCUT2D eigenvalue weighted by molar-refractivity contribution is -0.123. The molecule has 0 aromatic heterocycles. The smallest absolute Gasteiger partial charge is 0.255 e. The molecule has 2 saturated carbocycles. The lowest BCUT2D eigenvalue weighted by atomic mass is 9.73. The summed E-state index contributed by atoms with van der Waals surface area (Å²) in [6, 6.07) is 23.1. The molecular formula is C30H28N2O3. The van der Waals surface area contributed by atoms with Crippen LogP contribution in [0.3, 0.4) is 0 Å². The molecule has 2 aliphatic carbocycles. The van der Waals surface area contributed by atoms with E-state index in [9.17, 15) is 14.4 Å². The molecule has 176 valence electrons. The van der Waals surface area contributed by atoms with Gasteiger partial charge in [-0.25, -0.2) is 0 Å². The number of hydrogen-bond acceptors (Lipinski definition) is 3. The minimum absolute atomic E-state index is 0.105. The van der Waals surface area contributed by atoms with E-state index in [2.05, 4.69) is 17.4 Å². The number of aryl methyl sites for hydroxylation is 2. The SMILES string of the molecule is Cc1cccc(C)c1NC(=O)c1cccc(N2C(=O)[C@@H]3[C@@H]4C[C@@H]([C@H]3C2=O)[C@@H](c2ccccc2)C4)c1. The molecule has 3 aromatic rings. The van der Waals surface area contributed by atoms with Crippen LogP contribution in [0.25, 0.3) is 0 Å². The van der Waals surface area contributed by atoms with Crippen LogP contribution in [-0.4, -0.2) is 17.7 Å². The zero-order valence-corrected chi connectivity index (χ0v) is 19.9. The first-order chi connectivity index (χ1) is 16.9. The van der Waals surface area contributed by atoms with Crippen molar-refractivity contribution in [3.63, 3.8) is 0 Å². The highest BCUT2D eigenvalue weighted by Crippen LogP contribution is 2.61. The summed E-state index contributed by atoms with van der Waals surface area (Å²) in [4.78, 5) is 41.5. The van der Waals surface area contributed by atoms with Gasteiger partial charge in [-0.2, -0.15) is 0 Å². The lowest BCUT2D eigenvalue weighted by Crippen LogP contribution is -2.33. The first-order valence-electron chi connectivity index (χ1n) is 12.3. The number of benzene rings is 3. The molecule has 3 aromatic carbocycles. The third-order valence-electron chi connectivity index (χ3n) is 8.33. The van der Waals surface area contributed by atoms with Crippen molar-refractivity contribution in [3.05, 3.63) is 95.1 Å². The number of nitrogens with zero attached hydrogens (tertiary/aromatic N) is 1. The molecule has 1 heterocycles. The molecule has 1 N–H and O–H groups in total. The number of anilines is 2. The number of carbonyl (C=O) groups excluding carboxylic acids is 3. The average Bonchev–Trinajstić information content (AvgIpc) is 3.53. The Balaban J connectivity index is 1.27. The number of amides is 3. The van der Waals surface area contributed by atoms with E-state index in [1.54, 1.807) is 24.3 Å². The van der Waals surface area contributed by atoms with E-state index < -0.39 is 0 Å². The van der Waals surface area contributed by atoms with Crippen molar-refractivity contribution in [1.82, 2.24) is 0 Å². The Morgan fingerprint density at radius 2 is 1.51 bits per heavy atom. The lowest BCUT2D eigenvalue weighted by Gasteiger charge is -2.28. The summed E-state index contributed by atoms with van der Waals surface area (Å²) in [5, 5.41) is 3.00. The molecule has 5 heteroatoms. The highest BCUT2D eigenvalue weighted by atomic mass is 16.2. The maximum absolute atomic E-state index is 13.6. The molecule has 6 rings (SSSR count). The zero-order valence-electron chi connectivity index (χ0n) is 19.9. The highest BCUT2D eigenvalue weighted by molar-refractivity contribution is 6.23. The maximum atomic E-state index is 13.6. The number of nitrogens with one attached hydrogen (secondary N) is 1. The molecule has 3 amide bonds. The minimum atomic E-state index is -0.265. The Morgan fingerprint density at radius 1 is 0.829 bits per heavy atom. The first-order valence-corrected chi connectivity index (χ1v) is 12.3. The van der Waals surface area contributed by atoms with Crippen molar-refractivity contribution in [2.45, 2.75) is 32.6 Å². The van der Waals surface area contributed by atoms with Gasteiger partial charge in [-0.1, -0.05) is 54.6 Å². The summed E-state index contributed by atoms with van der Waals surface area (Å²) in [5.41, 5.74) is 4.93. The van der Waals surface area contributed by atoms with Gasteiger partial charge >= 0.3 is 0 Å². The second kappa shape index (κ2) is 8.19. The number of para-hydroxylation sites is 1. The van der Waals surface area contributed by atoms with Gasteiger partial charge in [-0.3, -0.25) is 19.3 Å². The molecule has 3 fully saturated rings. The molecule has 0 radical (unpaired) electrons. The molecule has 5 nitrogen and oxygen atoms in total. The Hall–Kier alpha value is -3.73. The van der Waals surface area contributed by atoms with Crippen LogP contribution in [0.2, 0.25) is 0 Å². The fraction of sp³-hybridized carbons (Fsp3) is 0.300. The summed E-state index contributed by atoms with van der Waals surface area (Å²) in [5.74, 6) is -0.206. The minimum Gasteiger partial charge on any atom is -0.322 e. The predicted molar refractivity (Wildman–Crippen MR) is 135 cm³/mol. The summed E-state index contributed by atoms with van der Waals surface area (Å²) in [6.45, 7) is 3.91. The summed E-state index contributed by atoms with van der Waals surface area (Å²) >= 11 is 0. The van der Waals surface area contributed by atoms with E-state index in [1.807, 2.05) is 50.2 Å². The Morgan fingerprint density at radius 3 is 2.26 bits per heavy atom. The van der Waals surface area contributed by atoms with E-state index >= 15 is 0 Å². The standard InChI is InChI=1S/C30H28N2O3/c1-17-8-6-9-18(2)27(17)31-28(33)20-12-7-13-22(14-20)32-29(34)25-21-15-23(19-10-4-3-5-11-19)24(16-21)26(25)30(32)35/h3-14,21,23-26H,15-16H2,1-2H3,(H,31,33)/t21-,23+,24+,25+,26+/m0/s1. The van der Waals surface area contributed by atoms with Crippen molar-refractivity contribution in [2.24, 2.45) is 23.7 Å². The molecule has 1 saturated heterocycles. The van der Waals surface area contributed by atoms with E-state index in [-0.39, 0.29) is 41.4 Å². The van der Waals surface area contributed by atoms with Crippen LogP contribution >= 0.6 is 0 Å². The average molecular weight is 465 g/mol. The molecular weight excluding hydrogens is 436 g/mol. The van der Waals surface area contributed by atoms with E-state index in [1.165, 1.54) is 10.5 Å². The van der Waals surface area contributed by atoms with Crippen molar-refractivity contribution in [2.75, 3.05) is 10.2 Å². The third kappa shape index (κ3) is 3.41. The van der Waals surface area contributed by atoms with Gasteiger partial charge in [0.25, 0.3) is 5.91 Å². The number of carbonyl (C=O) groups is 3. The predicted octanol–water partition coefficient (Wildman–Crippen LogP) is 5.48. The number of fused-ring (bicyclic) bond motifs is 5. The van der Waals surface area contributed by atoms with Gasteiger partial charge in [0.1, 0.15) is 0 Å². The largest absolute Gasteiger partial charge is 0.322 e. The third-order valence-corrected chi connectivity index (χ3v) is 8.33. The fourth-order valence-corrected chi connectivity index (χ4v) is 6.78. The van der Waals surface area contributed by atoms with Gasteiger partial charge in [-0.05, 0) is 79.3 Å². The monoisotopic (exact) mass is 464 g/mol. The van der Waals surface area contributed by atoms with Crippen LogP contribution in [0, 0.1) is 37.5 Å². The number of hydrogen-bond donors (Lipinski definition) is 1. The molecule has 3 aliphatic rings. The van der Waals surface area contributed by atoms with E-state index in [4.69, 9.17) is 0 Å². The normalized spacial score (nSPS) is 26.8. The molecule has 35 heavy (non-hydrogen) atoms. The van der Waals surface area contributed by atoms with Crippen LogP contribution in [0.4, 0.5) is 11.4 Å². The Labute approximate surface area is 205 Å². The van der Waals surface area contributed by atoms with Crippen LogP contribution in [0.5, 0.6) is 0 Å². The zero-order chi connectivity index (χ0) is 24.3. The molecule has 0 unspecified atom stereocenters. The molecule has 1 aliphatic heterocycles. The molecule has 5 atom stereocenters. The van der Waals surface area contributed by atoms with Crippen molar-refractivity contribution < 1.29 is 14.4 Å². The fourth-order valence-electron chi connectivity index (χ4n) is 6.78. The van der Waals surface area contributed by atoms with Crippen LogP contribution < -0.4 is 10.2 Å². The molecule has 0 spiro atoms. The molecule has 2 bridgehead atoms. The van der Waals surface area contributed by atoms with Crippen LogP contribution in [-0.2, 0) is 9.59 Å². The van der Waals surface area contributed by atoms with Crippen LogP contribution in [0.1, 0.15) is 45.8 Å². The quantitative estimate of drug-likeness (QED) is 0.520. The highest BCUT2D eigenvalue weighted by Gasteiger charge is 2.64. The Bertz CT molecular complexity index is 1330. The Kier molecular flexibility index (Phi) is 5.10. The van der Waals surface area contributed by atoms with Crippen molar-refractivity contribution in [1.29, 1.82) is 0 Å². The summed E-state index contributed by atoms with van der Waals surface area (Å²) in [7, 11) is 0. The van der Waals surface area contributed by atoms with E-state index in [0.29, 0.717) is 17.2 Å². The van der Waals surface area contributed by atoms with Gasteiger partial charge in [0.15, 0.2) is 0 Å².